The predicted molar refractivity (Wildman–Crippen MR) is 104 cm³/mol. The number of rotatable bonds is 5. The first kappa shape index (κ1) is 17.6. The zero-order chi connectivity index (χ0) is 19.3. The molecule has 4 rings (SSSR count). The number of nitrogens with one attached hydrogen (secondary N) is 1. The van der Waals surface area contributed by atoms with Gasteiger partial charge in [-0.15, -0.1) is 0 Å². The molecule has 0 saturated carbocycles. The number of hydrogen-bond acceptors (Lipinski definition) is 4. The van der Waals surface area contributed by atoms with Gasteiger partial charge in [0.05, 0.1) is 11.0 Å². The van der Waals surface area contributed by atoms with Gasteiger partial charge in [-0.2, -0.15) is 0 Å². The molecule has 0 fully saturated rings. The Morgan fingerprint density at radius 2 is 1.75 bits per heavy atom. The first-order chi connectivity index (χ1) is 13.7. The fourth-order valence-corrected chi connectivity index (χ4v) is 2.74. The van der Waals surface area contributed by atoms with Gasteiger partial charge in [0.1, 0.15) is 23.0 Å². The number of hydrogen-bond donors (Lipinski definition) is 1. The summed E-state index contributed by atoms with van der Waals surface area (Å²) in [5.41, 5.74) is 2.58. The smallest absolute Gasteiger partial charge is 0.270 e. The Labute approximate surface area is 160 Å². The van der Waals surface area contributed by atoms with Crippen molar-refractivity contribution >= 4 is 16.9 Å². The zero-order valence-corrected chi connectivity index (χ0v) is 14.8. The van der Waals surface area contributed by atoms with Crippen LogP contribution >= 0.6 is 0 Å². The molecule has 0 aliphatic heterocycles. The minimum atomic E-state index is -0.362. The molecule has 1 amide bonds. The number of carbonyl (C=O) groups excluding carboxylic acids is 1. The number of benzene rings is 2. The van der Waals surface area contributed by atoms with Crippen molar-refractivity contribution in [3.8, 4) is 11.5 Å². The number of amides is 1. The molecule has 0 saturated heterocycles. The molecular formula is C22H16FN3O2. The molecule has 0 radical (unpaired) electrons. The fraction of sp³-hybridized carbons (Fsp3) is 0.0455. The SMILES string of the molecule is O=C(NCc1cccc(Oc2cccc(F)c2)c1)c1ccc2ncccc2n1. The number of aromatic nitrogens is 2. The molecule has 0 spiro atoms. The van der Waals surface area contributed by atoms with Gasteiger partial charge in [0.15, 0.2) is 0 Å². The van der Waals surface area contributed by atoms with E-state index in [0.717, 1.165) is 11.1 Å². The predicted octanol–water partition coefficient (Wildman–Crippen LogP) is 4.49. The average molecular weight is 373 g/mol. The van der Waals surface area contributed by atoms with Crippen LogP contribution in [-0.4, -0.2) is 15.9 Å². The van der Waals surface area contributed by atoms with Crippen LogP contribution in [0.2, 0.25) is 0 Å². The molecular weight excluding hydrogens is 357 g/mol. The van der Waals surface area contributed by atoms with Crippen molar-refractivity contribution in [2.24, 2.45) is 0 Å². The monoisotopic (exact) mass is 373 g/mol. The molecule has 2 aromatic heterocycles. The highest BCUT2D eigenvalue weighted by Gasteiger charge is 2.09. The molecule has 2 heterocycles. The number of ether oxygens (including phenoxy) is 1. The van der Waals surface area contributed by atoms with Gasteiger partial charge in [-0.25, -0.2) is 9.37 Å². The summed E-state index contributed by atoms with van der Waals surface area (Å²) in [6.07, 6.45) is 1.68. The molecule has 5 nitrogen and oxygen atoms in total. The summed E-state index contributed by atoms with van der Waals surface area (Å²) in [5, 5.41) is 2.84. The fourth-order valence-electron chi connectivity index (χ4n) is 2.74. The Morgan fingerprint density at radius 3 is 2.61 bits per heavy atom. The summed E-state index contributed by atoms with van der Waals surface area (Å²) in [6, 6.07) is 20.2. The zero-order valence-electron chi connectivity index (χ0n) is 14.8. The van der Waals surface area contributed by atoms with E-state index in [1.54, 1.807) is 48.7 Å². The lowest BCUT2D eigenvalue weighted by Crippen LogP contribution is -2.23. The Kier molecular flexibility index (Phi) is 4.93. The first-order valence-corrected chi connectivity index (χ1v) is 8.70. The van der Waals surface area contributed by atoms with Crippen LogP contribution in [0, 0.1) is 5.82 Å². The maximum absolute atomic E-state index is 13.3. The Balaban J connectivity index is 1.43. The van der Waals surface area contributed by atoms with E-state index in [1.165, 1.54) is 12.1 Å². The number of nitrogens with zero attached hydrogens (tertiary/aromatic N) is 2. The number of carbonyl (C=O) groups is 1. The van der Waals surface area contributed by atoms with E-state index < -0.39 is 0 Å². The molecule has 0 aliphatic rings. The van der Waals surface area contributed by atoms with Crippen molar-refractivity contribution < 1.29 is 13.9 Å². The maximum atomic E-state index is 13.3. The van der Waals surface area contributed by atoms with E-state index in [1.807, 2.05) is 18.2 Å². The Hall–Kier alpha value is -3.80. The quantitative estimate of drug-likeness (QED) is 0.560. The Morgan fingerprint density at radius 1 is 0.929 bits per heavy atom. The first-order valence-electron chi connectivity index (χ1n) is 8.70. The van der Waals surface area contributed by atoms with E-state index >= 15 is 0 Å². The van der Waals surface area contributed by atoms with E-state index in [4.69, 9.17) is 4.74 Å². The summed E-state index contributed by atoms with van der Waals surface area (Å²) in [5.74, 6) is 0.337. The second kappa shape index (κ2) is 7.84. The van der Waals surface area contributed by atoms with Crippen molar-refractivity contribution in [1.82, 2.24) is 15.3 Å². The molecule has 0 aliphatic carbocycles. The van der Waals surface area contributed by atoms with Gasteiger partial charge in [0, 0.05) is 18.8 Å². The van der Waals surface area contributed by atoms with Crippen LogP contribution in [0.5, 0.6) is 11.5 Å². The molecule has 6 heteroatoms. The van der Waals surface area contributed by atoms with Crippen molar-refractivity contribution in [2.75, 3.05) is 0 Å². The summed E-state index contributed by atoms with van der Waals surface area (Å²) in [7, 11) is 0. The maximum Gasteiger partial charge on any atom is 0.270 e. The van der Waals surface area contributed by atoms with Gasteiger partial charge in [-0.05, 0) is 54.1 Å². The summed E-state index contributed by atoms with van der Waals surface area (Å²) in [4.78, 5) is 20.9. The largest absolute Gasteiger partial charge is 0.457 e. The molecule has 138 valence electrons. The molecule has 0 unspecified atom stereocenters. The van der Waals surface area contributed by atoms with Crippen LogP contribution in [-0.2, 0) is 6.54 Å². The van der Waals surface area contributed by atoms with Gasteiger partial charge < -0.3 is 10.1 Å². The standard InChI is InChI=1S/C22H16FN3O2/c23-16-5-2-7-18(13-16)28-17-6-1-4-15(12-17)14-25-22(27)21-10-9-19-20(26-21)8-3-11-24-19/h1-13H,14H2,(H,25,27). The van der Waals surface area contributed by atoms with Crippen LogP contribution in [0.3, 0.4) is 0 Å². The summed E-state index contributed by atoms with van der Waals surface area (Å²) >= 11 is 0. The number of halogens is 1. The molecule has 0 atom stereocenters. The van der Waals surface area contributed by atoms with Gasteiger partial charge >= 0.3 is 0 Å². The van der Waals surface area contributed by atoms with Crippen molar-refractivity contribution in [3.63, 3.8) is 0 Å². The lowest BCUT2D eigenvalue weighted by Gasteiger charge is -2.09. The van der Waals surface area contributed by atoms with Crippen molar-refractivity contribution in [3.05, 3.63) is 96.1 Å². The third kappa shape index (κ3) is 4.12. The molecule has 2 aromatic carbocycles. The molecule has 0 bridgehead atoms. The lowest BCUT2D eigenvalue weighted by molar-refractivity contribution is 0.0946. The molecule has 28 heavy (non-hydrogen) atoms. The second-order valence-corrected chi connectivity index (χ2v) is 6.13. The Bertz CT molecular complexity index is 1150. The highest BCUT2D eigenvalue weighted by Crippen LogP contribution is 2.22. The summed E-state index contributed by atoms with van der Waals surface area (Å²) < 4.78 is 18.9. The lowest BCUT2D eigenvalue weighted by atomic mass is 10.2. The van der Waals surface area contributed by atoms with E-state index in [0.29, 0.717) is 29.3 Å². The van der Waals surface area contributed by atoms with Crippen LogP contribution in [0.1, 0.15) is 16.1 Å². The second-order valence-electron chi connectivity index (χ2n) is 6.13. The molecule has 4 aromatic rings. The van der Waals surface area contributed by atoms with Crippen molar-refractivity contribution in [2.45, 2.75) is 6.54 Å². The van der Waals surface area contributed by atoms with Crippen LogP contribution in [0.15, 0.2) is 79.0 Å². The van der Waals surface area contributed by atoms with Gasteiger partial charge in [-0.1, -0.05) is 18.2 Å². The number of fused-ring (bicyclic) bond motifs is 1. The normalized spacial score (nSPS) is 10.6. The van der Waals surface area contributed by atoms with E-state index in [9.17, 15) is 9.18 Å². The van der Waals surface area contributed by atoms with Crippen LogP contribution in [0.4, 0.5) is 4.39 Å². The third-order valence-electron chi connectivity index (χ3n) is 4.07. The van der Waals surface area contributed by atoms with Crippen LogP contribution < -0.4 is 10.1 Å². The highest BCUT2D eigenvalue weighted by molar-refractivity contribution is 5.94. The minimum absolute atomic E-state index is 0.276. The summed E-state index contributed by atoms with van der Waals surface area (Å²) in [6.45, 7) is 0.311. The number of pyridine rings is 2. The van der Waals surface area contributed by atoms with Gasteiger partial charge in [0.25, 0.3) is 5.91 Å². The topological polar surface area (TPSA) is 64.1 Å². The minimum Gasteiger partial charge on any atom is -0.457 e. The van der Waals surface area contributed by atoms with Crippen LogP contribution in [0.25, 0.3) is 11.0 Å². The van der Waals surface area contributed by atoms with Gasteiger partial charge in [0.2, 0.25) is 0 Å². The molecule has 1 N–H and O–H groups in total. The average Bonchev–Trinajstić information content (AvgIpc) is 2.72. The van der Waals surface area contributed by atoms with E-state index in [2.05, 4.69) is 15.3 Å². The van der Waals surface area contributed by atoms with Gasteiger partial charge in [-0.3, -0.25) is 9.78 Å². The third-order valence-corrected chi connectivity index (χ3v) is 4.07. The van der Waals surface area contributed by atoms with Crippen molar-refractivity contribution in [1.29, 1.82) is 0 Å². The highest BCUT2D eigenvalue weighted by atomic mass is 19.1. The van der Waals surface area contributed by atoms with E-state index in [-0.39, 0.29) is 11.7 Å².